The molecule has 0 amide bonds. The van der Waals surface area contributed by atoms with Crippen molar-refractivity contribution >= 4 is 0 Å². The first-order chi connectivity index (χ1) is 9.29. The summed E-state index contributed by atoms with van der Waals surface area (Å²) in [6.45, 7) is 4.11. The van der Waals surface area contributed by atoms with Gasteiger partial charge in [0, 0.05) is 6.54 Å². The van der Waals surface area contributed by atoms with E-state index in [9.17, 15) is 0 Å². The van der Waals surface area contributed by atoms with Crippen LogP contribution in [0.3, 0.4) is 0 Å². The molecule has 106 valence electrons. The molecule has 3 nitrogen and oxygen atoms in total. The quantitative estimate of drug-likeness (QED) is 0.802. The fraction of sp³-hybridized carbons (Fsp3) is 0.625. The van der Waals surface area contributed by atoms with Gasteiger partial charge in [0.05, 0.1) is 12.7 Å². The monoisotopic (exact) mass is 263 g/mol. The fourth-order valence-corrected chi connectivity index (χ4v) is 2.65. The fourth-order valence-electron chi connectivity index (χ4n) is 2.65. The molecule has 2 N–H and O–H groups in total. The van der Waals surface area contributed by atoms with Gasteiger partial charge in [0.2, 0.25) is 0 Å². The predicted molar refractivity (Wildman–Crippen MR) is 77.2 cm³/mol. The van der Waals surface area contributed by atoms with Crippen LogP contribution in [0.25, 0.3) is 0 Å². The van der Waals surface area contributed by atoms with Crippen molar-refractivity contribution in [3.8, 4) is 5.75 Å². The lowest BCUT2D eigenvalue weighted by molar-refractivity contribution is -0.0165. The third-order valence-corrected chi connectivity index (χ3v) is 3.85. The molecular weight excluding hydrogens is 238 g/mol. The van der Waals surface area contributed by atoms with Crippen LogP contribution in [-0.4, -0.2) is 19.3 Å². The van der Waals surface area contributed by atoms with Crippen molar-refractivity contribution in [3.63, 3.8) is 0 Å². The van der Waals surface area contributed by atoms with E-state index in [0.717, 1.165) is 11.3 Å². The second kappa shape index (κ2) is 7.51. The molecule has 1 aliphatic carbocycles. The van der Waals surface area contributed by atoms with Crippen LogP contribution in [0.15, 0.2) is 24.3 Å². The normalized spacial score (nSPS) is 23.3. The largest absolute Gasteiger partial charge is 0.491 e. The smallest absolute Gasteiger partial charge is 0.119 e. The van der Waals surface area contributed by atoms with Gasteiger partial charge in [0.1, 0.15) is 12.4 Å². The van der Waals surface area contributed by atoms with Gasteiger partial charge in [-0.3, -0.25) is 0 Å². The number of hydrogen-bond donors (Lipinski definition) is 1. The van der Waals surface area contributed by atoms with Crippen molar-refractivity contribution in [3.05, 3.63) is 29.8 Å². The van der Waals surface area contributed by atoms with Crippen molar-refractivity contribution in [2.45, 2.75) is 45.3 Å². The van der Waals surface area contributed by atoms with Crippen molar-refractivity contribution in [2.75, 3.05) is 13.2 Å². The Labute approximate surface area is 116 Å². The van der Waals surface area contributed by atoms with Gasteiger partial charge in [-0.05, 0) is 36.5 Å². The summed E-state index contributed by atoms with van der Waals surface area (Å²) in [7, 11) is 0. The molecule has 3 heteroatoms. The maximum Gasteiger partial charge on any atom is 0.119 e. The second-order valence-electron chi connectivity index (χ2n) is 5.37. The minimum Gasteiger partial charge on any atom is -0.491 e. The first kappa shape index (κ1) is 14.4. The predicted octanol–water partition coefficient (Wildman–Crippen LogP) is 3.12. The molecule has 0 spiro atoms. The van der Waals surface area contributed by atoms with E-state index in [1.807, 2.05) is 24.3 Å². The zero-order valence-electron chi connectivity index (χ0n) is 11.8. The minimum atomic E-state index is 0.424. The summed E-state index contributed by atoms with van der Waals surface area (Å²) in [5.41, 5.74) is 6.70. The van der Waals surface area contributed by atoms with Crippen LogP contribution in [0.2, 0.25) is 0 Å². The zero-order valence-corrected chi connectivity index (χ0v) is 11.8. The third kappa shape index (κ3) is 4.51. The van der Waals surface area contributed by atoms with E-state index < -0.39 is 0 Å². The lowest BCUT2D eigenvalue weighted by atomic mass is 9.88. The Bertz CT molecular complexity index is 381. The Hall–Kier alpha value is -1.06. The first-order valence-corrected chi connectivity index (χ1v) is 7.33. The Balaban J connectivity index is 1.68. The molecule has 1 fully saturated rings. The SMILES string of the molecule is CC1CCCCC1OCCOc1cccc(CN)c1. The highest BCUT2D eigenvalue weighted by Gasteiger charge is 2.21. The maximum atomic E-state index is 5.92. The highest BCUT2D eigenvalue weighted by Crippen LogP contribution is 2.26. The number of hydrogen-bond acceptors (Lipinski definition) is 3. The van der Waals surface area contributed by atoms with E-state index in [0.29, 0.717) is 31.8 Å². The number of ether oxygens (including phenoxy) is 2. The maximum absolute atomic E-state index is 5.92. The van der Waals surface area contributed by atoms with E-state index in [4.69, 9.17) is 15.2 Å². The molecule has 0 aromatic heterocycles. The molecular formula is C16H25NO2. The van der Waals surface area contributed by atoms with E-state index in [2.05, 4.69) is 6.92 Å². The molecule has 0 bridgehead atoms. The van der Waals surface area contributed by atoms with Crippen LogP contribution >= 0.6 is 0 Å². The molecule has 2 unspecified atom stereocenters. The van der Waals surface area contributed by atoms with Crippen molar-refractivity contribution in [1.82, 2.24) is 0 Å². The molecule has 2 atom stereocenters. The summed E-state index contributed by atoms with van der Waals surface area (Å²) >= 11 is 0. The minimum absolute atomic E-state index is 0.424. The molecule has 0 heterocycles. The summed E-state index contributed by atoms with van der Waals surface area (Å²) in [5.74, 6) is 1.57. The molecule has 1 aromatic rings. The van der Waals surface area contributed by atoms with Crippen LogP contribution in [0.5, 0.6) is 5.75 Å². The van der Waals surface area contributed by atoms with Gasteiger partial charge in [-0.1, -0.05) is 31.9 Å². The topological polar surface area (TPSA) is 44.5 Å². The summed E-state index contributed by atoms with van der Waals surface area (Å²) in [4.78, 5) is 0. The zero-order chi connectivity index (χ0) is 13.5. The summed E-state index contributed by atoms with van der Waals surface area (Å²) in [5, 5.41) is 0. The number of nitrogens with two attached hydrogens (primary N) is 1. The van der Waals surface area contributed by atoms with E-state index in [1.54, 1.807) is 0 Å². The molecule has 1 aliphatic rings. The summed E-state index contributed by atoms with van der Waals surface area (Å²) in [6.07, 6.45) is 5.57. The lowest BCUT2D eigenvalue weighted by Gasteiger charge is -2.28. The van der Waals surface area contributed by atoms with Gasteiger partial charge < -0.3 is 15.2 Å². The molecule has 2 rings (SSSR count). The third-order valence-electron chi connectivity index (χ3n) is 3.85. The van der Waals surface area contributed by atoms with Crippen LogP contribution in [0, 0.1) is 5.92 Å². The highest BCUT2D eigenvalue weighted by atomic mass is 16.5. The Morgan fingerprint density at radius 2 is 2.05 bits per heavy atom. The molecule has 0 radical (unpaired) electrons. The molecule has 0 aliphatic heterocycles. The van der Waals surface area contributed by atoms with Crippen LogP contribution in [0.1, 0.15) is 38.2 Å². The van der Waals surface area contributed by atoms with Crippen LogP contribution in [0.4, 0.5) is 0 Å². The molecule has 0 saturated heterocycles. The van der Waals surface area contributed by atoms with Gasteiger partial charge in [0.15, 0.2) is 0 Å². The second-order valence-corrected chi connectivity index (χ2v) is 5.37. The lowest BCUT2D eigenvalue weighted by Crippen LogP contribution is -2.27. The van der Waals surface area contributed by atoms with E-state index >= 15 is 0 Å². The molecule has 1 saturated carbocycles. The Morgan fingerprint density at radius 1 is 1.21 bits per heavy atom. The number of rotatable bonds is 6. The van der Waals surface area contributed by atoms with E-state index in [1.165, 1.54) is 25.7 Å². The van der Waals surface area contributed by atoms with Crippen LogP contribution in [-0.2, 0) is 11.3 Å². The Morgan fingerprint density at radius 3 is 2.84 bits per heavy atom. The average Bonchev–Trinajstić information content (AvgIpc) is 2.45. The standard InChI is InChI=1S/C16H25NO2/c1-13-5-2-3-8-16(13)19-10-9-18-15-7-4-6-14(11-15)12-17/h4,6-7,11,13,16H,2-3,5,8-10,12,17H2,1H3. The van der Waals surface area contributed by atoms with Crippen LogP contribution < -0.4 is 10.5 Å². The summed E-state index contributed by atoms with van der Waals surface area (Å²) < 4.78 is 11.6. The molecule has 19 heavy (non-hydrogen) atoms. The van der Waals surface area contributed by atoms with Gasteiger partial charge in [-0.2, -0.15) is 0 Å². The van der Waals surface area contributed by atoms with Gasteiger partial charge in [0.25, 0.3) is 0 Å². The Kier molecular flexibility index (Phi) is 5.67. The van der Waals surface area contributed by atoms with Crippen molar-refractivity contribution in [1.29, 1.82) is 0 Å². The molecule has 1 aromatic carbocycles. The first-order valence-electron chi connectivity index (χ1n) is 7.33. The average molecular weight is 263 g/mol. The van der Waals surface area contributed by atoms with Crippen molar-refractivity contribution in [2.24, 2.45) is 11.7 Å². The van der Waals surface area contributed by atoms with Gasteiger partial charge in [-0.25, -0.2) is 0 Å². The highest BCUT2D eigenvalue weighted by molar-refractivity contribution is 5.28. The van der Waals surface area contributed by atoms with Gasteiger partial charge >= 0.3 is 0 Å². The summed E-state index contributed by atoms with van der Waals surface area (Å²) in [6, 6.07) is 7.93. The van der Waals surface area contributed by atoms with E-state index in [-0.39, 0.29) is 0 Å². The number of benzene rings is 1. The van der Waals surface area contributed by atoms with Crippen molar-refractivity contribution < 1.29 is 9.47 Å². The van der Waals surface area contributed by atoms with Gasteiger partial charge in [-0.15, -0.1) is 0 Å².